The molecule has 0 spiro atoms. The zero-order chi connectivity index (χ0) is 24.2. The van der Waals surface area contributed by atoms with E-state index in [1.165, 1.54) is 4.31 Å². The highest BCUT2D eigenvalue weighted by atomic mass is 32.2. The van der Waals surface area contributed by atoms with Crippen LogP contribution in [-0.4, -0.2) is 73.4 Å². The first-order valence-electron chi connectivity index (χ1n) is 11.8. The number of hydrogen-bond acceptors (Lipinski definition) is 9. The van der Waals surface area contributed by atoms with Gasteiger partial charge in [0.25, 0.3) is 10.2 Å². The van der Waals surface area contributed by atoms with E-state index in [1.54, 1.807) is 10.5 Å². The summed E-state index contributed by atoms with van der Waals surface area (Å²) in [4.78, 5) is 13.8. The summed E-state index contributed by atoms with van der Waals surface area (Å²) in [5.74, 6) is 1.47. The fraction of sp³-hybridized carbons (Fsp3) is 0.500. The van der Waals surface area contributed by atoms with Crippen LogP contribution in [0.25, 0.3) is 11.0 Å². The highest BCUT2D eigenvalue weighted by Crippen LogP contribution is 2.40. The normalized spacial score (nSPS) is 25.3. The predicted octanol–water partition coefficient (Wildman–Crippen LogP) is 1.91. The van der Waals surface area contributed by atoms with Gasteiger partial charge in [-0.25, -0.2) is 4.98 Å². The minimum Gasteiger partial charge on any atom is -0.351 e. The van der Waals surface area contributed by atoms with Crippen molar-refractivity contribution in [1.29, 1.82) is 5.26 Å². The zero-order valence-corrected chi connectivity index (χ0v) is 20.0. The molecular weight excluding hydrogens is 468 g/mol. The molecule has 3 atom stereocenters. The van der Waals surface area contributed by atoms with Gasteiger partial charge in [-0.1, -0.05) is 0 Å². The Kier molecular flexibility index (Phi) is 5.32. The molecule has 0 radical (unpaired) electrons. The molecule has 3 aliphatic rings. The minimum atomic E-state index is -3.54. The number of anilines is 3. The maximum atomic E-state index is 13.2. The van der Waals surface area contributed by atoms with Crippen LogP contribution in [0.15, 0.2) is 24.4 Å². The molecule has 0 saturated carbocycles. The summed E-state index contributed by atoms with van der Waals surface area (Å²) in [6.45, 7) is 2.51. The number of pyridine rings is 1. The number of aryl methyl sites for hydroxylation is 1. The van der Waals surface area contributed by atoms with Crippen LogP contribution in [0.2, 0.25) is 0 Å². The maximum absolute atomic E-state index is 13.2. The highest BCUT2D eigenvalue weighted by molar-refractivity contribution is 7.86. The Morgan fingerprint density at radius 2 is 1.97 bits per heavy atom. The van der Waals surface area contributed by atoms with Crippen LogP contribution in [0.4, 0.5) is 17.6 Å². The second-order valence-corrected chi connectivity index (χ2v) is 11.3. The molecule has 6 heterocycles. The summed E-state index contributed by atoms with van der Waals surface area (Å²) >= 11 is 0. The molecule has 2 bridgehead atoms. The summed E-state index contributed by atoms with van der Waals surface area (Å²) in [6.07, 6.45) is 4.74. The van der Waals surface area contributed by atoms with Crippen LogP contribution >= 0.6 is 0 Å². The largest absolute Gasteiger partial charge is 0.351 e. The molecule has 13 heteroatoms. The molecule has 0 aromatic carbocycles. The molecule has 35 heavy (non-hydrogen) atoms. The van der Waals surface area contributed by atoms with Gasteiger partial charge in [0.05, 0.1) is 17.5 Å². The van der Waals surface area contributed by atoms with Crippen molar-refractivity contribution >= 4 is 38.8 Å². The molecule has 3 N–H and O–H groups in total. The smallest absolute Gasteiger partial charge is 0.282 e. The third-order valence-electron chi connectivity index (χ3n) is 7.03. The van der Waals surface area contributed by atoms with Gasteiger partial charge in [0, 0.05) is 49.2 Å². The first kappa shape index (κ1) is 22.1. The van der Waals surface area contributed by atoms with E-state index in [2.05, 4.69) is 41.9 Å². The zero-order valence-electron chi connectivity index (χ0n) is 19.2. The quantitative estimate of drug-likeness (QED) is 0.466. The highest BCUT2D eigenvalue weighted by Gasteiger charge is 2.51. The van der Waals surface area contributed by atoms with E-state index in [4.69, 9.17) is 5.26 Å². The summed E-state index contributed by atoms with van der Waals surface area (Å²) in [6, 6.07) is 7.67. The van der Waals surface area contributed by atoms with Crippen molar-refractivity contribution in [2.45, 2.75) is 50.7 Å². The average molecular weight is 495 g/mol. The fourth-order valence-corrected chi connectivity index (χ4v) is 7.51. The second kappa shape index (κ2) is 8.40. The fourth-order valence-electron chi connectivity index (χ4n) is 5.38. The SMILES string of the molecule is Cc1cc(Nc2nc(NC3CC4CC[C@@H](C3)N4S(=O)(=O)N3CC(C#N)C3)nc3cccnc23)n[nH]1. The number of nitrogens with zero attached hydrogens (tertiary/aromatic N) is 7. The third-order valence-corrected chi connectivity index (χ3v) is 9.11. The van der Waals surface area contributed by atoms with E-state index in [9.17, 15) is 8.42 Å². The van der Waals surface area contributed by atoms with Crippen molar-refractivity contribution in [2.75, 3.05) is 23.7 Å². The molecule has 0 aliphatic carbocycles. The number of nitrogens with one attached hydrogen (secondary N) is 3. The monoisotopic (exact) mass is 494 g/mol. The Balaban J connectivity index is 1.21. The van der Waals surface area contributed by atoms with Gasteiger partial charge in [0.15, 0.2) is 11.6 Å². The second-order valence-electron chi connectivity index (χ2n) is 9.51. The molecule has 6 rings (SSSR count). The van der Waals surface area contributed by atoms with Crippen molar-refractivity contribution in [3.8, 4) is 6.07 Å². The number of rotatable bonds is 6. The molecule has 0 amide bonds. The van der Waals surface area contributed by atoms with Crippen molar-refractivity contribution < 1.29 is 8.42 Å². The summed E-state index contributed by atoms with van der Waals surface area (Å²) in [7, 11) is -3.54. The van der Waals surface area contributed by atoms with Crippen LogP contribution in [0.1, 0.15) is 31.4 Å². The number of H-pyrrole nitrogens is 1. The van der Waals surface area contributed by atoms with Crippen LogP contribution in [0.3, 0.4) is 0 Å². The van der Waals surface area contributed by atoms with Gasteiger partial charge in [0.2, 0.25) is 5.95 Å². The summed E-state index contributed by atoms with van der Waals surface area (Å²) < 4.78 is 29.5. The van der Waals surface area contributed by atoms with Gasteiger partial charge in [-0.15, -0.1) is 0 Å². The summed E-state index contributed by atoms with van der Waals surface area (Å²) in [5, 5.41) is 22.8. The molecule has 3 aromatic heterocycles. The lowest BCUT2D eigenvalue weighted by Crippen LogP contribution is -2.59. The molecular formula is C22H26N10O2S. The van der Waals surface area contributed by atoms with E-state index >= 15 is 0 Å². The van der Waals surface area contributed by atoms with Crippen LogP contribution < -0.4 is 10.6 Å². The van der Waals surface area contributed by atoms with E-state index in [1.807, 2.05) is 25.1 Å². The Morgan fingerprint density at radius 3 is 2.66 bits per heavy atom. The number of piperidine rings is 1. The number of aromatic nitrogens is 5. The lowest BCUT2D eigenvalue weighted by atomic mass is 10.00. The van der Waals surface area contributed by atoms with Crippen molar-refractivity contribution in [3.05, 3.63) is 30.1 Å². The minimum absolute atomic E-state index is 0.0526. The Bertz CT molecular complexity index is 1400. The first-order valence-corrected chi connectivity index (χ1v) is 13.2. The van der Waals surface area contributed by atoms with E-state index in [-0.39, 0.29) is 24.0 Å². The van der Waals surface area contributed by atoms with E-state index in [0.717, 1.165) is 18.5 Å². The Labute approximate surface area is 202 Å². The molecule has 3 aliphatic heterocycles. The van der Waals surface area contributed by atoms with E-state index < -0.39 is 10.2 Å². The molecule has 12 nitrogen and oxygen atoms in total. The van der Waals surface area contributed by atoms with Crippen LogP contribution in [0.5, 0.6) is 0 Å². The Morgan fingerprint density at radius 1 is 1.20 bits per heavy atom. The van der Waals surface area contributed by atoms with Crippen LogP contribution in [0, 0.1) is 24.2 Å². The first-order chi connectivity index (χ1) is 16.9. The van der Waals surface area contributed by atoms with Crippen molar-refractivity contribution in [3.63, 3.8) is 0 Å². The number of nitriles is 1. The Hall–Kier alpha value is -3.34. The molecule has 3 fully saturated rings. The number of fused-ring (bicyclic) bond motifs is 3. The van der Waals surface area contributed by atoms with Gasteiger partial charge >= 0.3 is 0 Å². The molecule has 3 saturated heterocycles. The van der Waals surface area contributed by atoms with Crippen molar-refractivity contribution in [2.24, 2.45) is 5.92 Å². The molecule has 182 valence electrons. The van der Waals surface area contributed by atoms with Gasteiger partial charge in [0.1, 0.15) is 5.52 Å². The van der Waals surface area contributed by atoms with Crippen LogP contribution in [-0.2, 0) is 10.2 Å². The molecule has 2 unspecified atom stereocenters. The van der Waals surface area contributed by atoms with Gasteiger partial charge in [-0.05, 0) is 44.7 Å². The lowest BCUT2D eigenvalue weighted by Gasteiger charge is -2.43. The number of hydrogen-bond donors (Lipinski definition) is 3. The van der Waals surface area contributed by atoms with Gasteiger partial charge in [-0.2, -0.15) is 32.4 Å². The van der Waals surface area contributed by atoms with Crippen molar-refractivity contribution in [1.82, 2.24) is 33.8 Å². The van der Waals surface area contributed by atoms with Gasteiger partial charge in [-0.3, -0.25) is 10.1 Å². The van der Waals surface area contributed by atoms with Gasteiger partial charge < -0.3 is 10.6 Å². The topological polar surface area (TPSA) is 156 Å². The lowest BCUT2D eigenvalue weighted by molar-refractivity contribution is 0.182. The third kappa shape index (κ3) is 3.97. The standard InChI is InChI=1S/C22H26N10O2S/c1-13-7-19(30-29-13)27-21-20-18(3-2-6-24-20)26-22(28-21)25-15-8-16-4-5-17(9-15)32(16)35(33,34)31-11-14(10-23)12-31/h2-3,6-7,14-17H,4-5,8-9,11-12H2,1H3,(H3,25,26,27,28,29,30)/t15?,16-,17?/m0/s1. The number of aromatic amines is 1. The summed E-state index contributed by atoms with van der Waals surface area (Å²) in [5.41, 5.74) is 2.27. The van der Waals surface area contributed by atoms with E-state index in [0.29, 0.717) is 54.5 Å². The predicted molar refractivity (Wildman–Crippen MR) is 129 cm³/mol. The molecule has 3 aromatic rings. The maximum Gasteiger partial charge on any atom is 0.282 e. The average Bonchev–Trinajstić information content (AvgIpc) is 3.33.